The Hall–Kier alpha value is 0.200. The van der Waals surface area contributed by atoms with Crippen molar-refractivity contribution < 1.29 is 13.2 Å². The average Bonchev–Trinajstić information content (AvgIpc) is 2.58. The first kappa shape index (κ1) is 13.3. The Kier molecular flexibility index (Phi) is 4.44. The number of sulfone groups is 1. The van der Waals surface area contributed by atoms with Crippen molar-refractivity contribution in [2.45, 2.75) is 32.8 Å². The summed E-state index contributed by atoms with van der Waals surface area (Å²) in [5, 5.41) is 0. The van der Waals surface area contributed by atoms with E-state index < -0.39 is 9.84 Å². The quantitative estimate of drug-likeness (QED) is 0.704. The first-order chi connectivity index (χ1) is 6.96. The fraction of sp³-hybridized carbons (Fsp3) is 1.00. The van der Waals surface area contributed by atoms with Crippen LogP contribution in [0.2, 0.25) is 0 Å². The number of halogens is 1. The molecule has 1 fully saturated rings. The summed E-state index contributed by atoms with van der Waals surface area (Å²) < 4.78 is 28.4. The van der Waals surface area contributed by atoms with Crippen LogP contribution in [-0.2, 0) is 14.6 Å². The van der Waals surface area contributed by atoms with E-state index in [0.717, 1.165) is 6.42 Å². The number of hydrogen-bond donors (Lipinski definition) is 0. The van der Waals surface area contributed by atoms with Gasteiger partial charge in [0.25, 0.3) is 0 Å². The lowest BCUT2D eigenvalue weighted by Crippen LogP contribution is -2.33. The lowest BCUT2D eigenvalue weighted by atomic mass is 9.81. The second kappa shape index (κ2) is 5.02. The molecule has 0 aromatic carbocycles. The zero-order valence-corrected chi connectivity index (χ0v) is 10.9. The SMILES string of the molecule is CCS(=O)(=O)CCC1(CCl)CCOC1C. The van der Waals surface area contributed by atoms with Gasteiger partial charge in [0.1, 0.15) is 9.84 Å². The minimum atomic E-state index is -2.89. The van der Waals surface area contributed by atoms with Gasteiger partial charge in [-0.15, -0.1) is 11.6 Å². The van der Waals surface area contributed by atoms with Gasteiger partial charge in [-0.25, -0.2) is 8.42 Å². The Morgan fingerprint density at radius 2 is 2.20 bits per heavy atom. The van der Waals surface area contributed by atoms with Gasteiger partial charge < -0.3 is 4.74 Å². The molecule has 0 aromatic rings. The predicted molar refractivity (Wildman–Crippen MR) is 62.1 cm³/mol. The summed E-state index contributed by atoms with van der Waals surface area (Å²) in [4.78, 5) is 0. The number of rotatable bonds is 5. The van der Waals surface area contributed by atoms with E-state index in [2.05, 4.69) is 0 Å². The molecule has 90 valence electrons. The van der Waals surface area contributed by atoms with Crippen LogP contribution in [0.1, 0.15) is 26.7 Å². The van der Waals surface area contributed by atoms with Gasteiger partial charge in [-0.3, -0.25) is 0 Å². The molecule has 0 radical (unpaired) electrons. The van der Waals surface area contributed by atoms with Crippen LogP contribution in [0.3, 0.4) is 0 Å². The van der Waals surface area contributed by atoms with Crippen molar-refractivity contribution in [1.29, 1.82) is 0 Å². The second-order valence-corrected chi connectivity index (χ2v) is 6.99. The molecule has 3 nitrogen and oxygen atoms in total. The molecule has 0 bridgehead atoms. The van der Waals surface area contributed by atoms with Crippen LogP contribution in [0.5, 0.6) is 0 Å². The monoisotopic (exact) mass is 254 g/mol. The fourth-order valence-electron chi connectivity index (χ4n) is 1.89. The number of hydrogen-bond acceptors (Lipinski definition) is 3. The fourth-order valence-corrected chi connectivity index (χ4v) is 3.38. The third-order valence-electron chi connectivity index (χ3n) is 3.45. The molecule has 0 amide bonds. The van der Waals surface area contributed by atoms with Crippen LogP contribution in [0, 0.1) is 5.41 Å². The summed E-state index contributed by atoms with van der Waals surface area (Å²) in [5.74, 6) is 0.915. The van der Waals surface area contributed by atoms with Crippen LogP contribution in [0.25, 0.3) is 0 Å². The van der Waals surface area contributed by atoms with Crippen LogP contribution in [0.15, 0.2) is 0 Å². The van der Waals surface area contributed by atoms with Crippen LogP contribution in [-0.4, -0.2) is 38.5 Å². The predicted octanol–water partition coefficient (Wildman–Crippen LogP) is 1.85. The first-order valence-electron chi connectivity index (χ1n) is 5.34. The van der Waals surface area contributed by atoms with Gasteiger partial charge in [0.05, 0.1) is 11.9 Å². The van der Waals surface area contributed by atoms with Crippen molar-refractivity contribution in [3.63, 3.8) is 0 Å². The molecule has 1 saturated heterocycles. The van der Waals surface area contributed by atoms with E-state index in [0.29, 0.717) is 18.9 Å². The van der Waals surface area contributed by atoms with Crippen molar-refractivity contribution in [3.8, 4) is 0 Å². The van der Waals surface area contributed by atoms with Crippen molar-refractivity contribution in [1.82, 2.24) is 0 Å². The van der Waals surface area contributed by atoms with Crippen LogP contribution < -0.4 is 0 Å². The minimum Gasteiger partial charge on any atom is -0.378 e. The van der Waals surface area contributed by atoms with Crippen LogP contribution in [0.4, 0.5) is 0 Å². The normalized spacial score (nSPS) is 32.1. The topological polar surface area (TPSA) is 43.4 Å². The largest absolute Gasteiger partial charge is 0.378 e. The van der Waals surface area contributed by atoms with Gasteiger partial charge in [0, 0.05) is 23.7 Å². The first-order valence-corrected chi connectivity index (χ1v) is 7.69. The molecular formula is C10H19ClO3S. The maximum atomic E-state index is 11.4. The molecular weight excluding hydrogens is 236 g/mol. The van der Waals surface area contributed by atoms with Gasteiger partial charge in [0.2, 0.25) is 0 Å². The van der Waals surface area contributed by atoms with Gasteiger partial charge >= 0.3 is 0 Å². The van der Waals surface area contributed by atoms with Gasteiger partial charge in [0.15, 0.2) is 0 Å². The van der Waals surface area contributed by atoms with E-state index in [4.69, 9.17) is 16.3 Å². The third-order valence-corrected chi connectivity index (χ3v) is 5.69. The smallest absolute Gasteiger partial charge is 0.150 e. The van der Waals surface area contributed by atoms with Crippen molar-refractivity contribution >= 4 is 21.4 Å². The minimum absolute atomic E-state index is 0.0713. The standard InChI is InChI=1S/C10H19ClO3S/c1-3-15(12,13)7-5-10(8-11)4-6-14-9(10)2/h9H,3-8H2,1-2H3. The lowest BCUT2D eigenvalue weighted by molar-refractivity contribution is 0.0721. The van der Waals surface area contributed by atoms with E-state index in [-0.39, 0.29) is 23.0 Å². The van der Waals surface area contributed by atoms with Crippen molar-refractivity contribution in [3.05, 3.63) is 0 Å². The summed E-state index contributed by atoms with van der Waals surface area (Å²) in [7, 11) is -2.89. The highest BCUT2D eigenvalue weighted by molar-refractivity contribution is 7.91. The molecule has 2 unspecified atom stereocenters. The molecule has 0 aliphatic carbocycles. The highest BCUT2D eigenvalue weighted by Gasteiger charge is 2.41. The molecule has 0 saturated carbocycles. The Morgan fingerprint density at radius 3 is 2.60 bits per heavy atom. The second-order valence-electron chi connectivity index (χ2n) is 4.25. The average molecular weight is 255 g/mol. The van der Waals surface area contributed by atoms with Gasteiger partial charge in [-0.2, -0.15) is 0 Å². The molecule has 1 aliphatic heterocycles. The highest BCUT2D eigenvalue weighted by Crippen LogP contribution is 2.39. The molecule has 2 atom stereocenters. The zero-order valence-electron chi connectivity index (χ0n) is 9.33. The third kappa shape index (κ3) is 3.08. The van der Waals surface area contributed by atoms with Crippen molar-refractivity contribution in [2.24, 2.45) is 5.41 Å². The molecule has 5 heteroatoms. The lowest BCUT2D eigenvalue weighted by Gasteiger charge is -2.29. The molecule has 0 N–H and O–H groups in total. The van der Waals surface area contributed by atoms with E-state index in [1.807, 2.05) is 6.92 Å². The van der Waals surface area contributed by atoms with Gasteiger partial charge in [-0.05, 0) is 19.8 Å². The Bertz CT molecular complexity index is 302. The zero-order chi connectivity index (χ0) is 11.5. The highest BCUT2D eigenvalue weighted by atomic mass is 35.5. The summed E-state index contributed by atoms with van der Waals surface area (Å²) in [6.45, 7) is 4.35. The molecule has 0 spiro atoms. The number of alkyl halides is 1. The van der Waals surface area contributed by atoms with Crippen molar-refractivity contribution in [2.75, 3.05) is 24.0 Å². The summed E-state index contributed by atoms with van der Waals surface area (Å²) in [6.07, 6.45) is 1.56. The Balaban J connectivity index is 2.62. The van der Waals surface area contributed by atoms with E-state index in [1.54, 1.807) is 6.92 Å². The molecule has 1 aliphatic rings. The molecule has 15 heavy (non-hydrogen) atoms. The van der Waals surface area contributed by atoms with Gasteiger partial charge in [-0.1, -0.05) is 6.92 Å². The maximum absolute atomic E-state index is 11.4. The molecule has 1 rings (SSSR count). The van der Waals surface area contributed by atoms with Crippen LogP contribution >= 0.6 is 11.6 Å². The summed E-state index contributed by atoms with van der Waals surface area (Å²) in [5.41, 5.74) is -0.135. The summed E-state index contributed by atoms with van der Waals surface area (Å²) >= 11 is 5.96. The Morgan fingerprint density at radius 1 is 1.53 bits per heavy atom. The van der Waals surface area contributed by atoms with E-state index >= 15 is 0 Å². The molecule has 0 aromatic heterocycles. The number of ether oxygens (including phenoxy) is 1. The Labute approximate surface area is 97.1 Å². The summed E-state index contributed by atoms with van der Waals surface area (Å²) in [6, 6.07) is 0. The van der Waals surface area contributed by atoms with E-state index in [9.17, 15) is 8.42 Å². The maximum Gasteiger partial charge on any atom is 0.150 e. The molecule has 1 heterocycles. The van der Waals surface area contributed by atoms with E-state index in [1.165, 1.54) is 0 Å².